The van der Waals surface area contributed by atoms with E-state index in [1.807, 2.05) is 6.92 Å². The quantitative estimate of drug-likeness (QED) is 0.371. The Hall–Kier alpha value is -3.75. The lowest BCUT2D eigenvalue weighted by Crippen LogP contribution is -2.31. The Morgan fingerprint density at radius 2 is 1.97 bits per heavy atom. The third kappa shape index (κ3) is 5.36. The first-order chi connectivity index (χ1) is 15.9. The standard InChI is InChI=1S/C24H21ClFN5O2/c1-15-12-31(22-9-10-27-24(30-22)28-19-7-5-18(26)6-8-19)13-20(15)23(33)29-21(14-32)16-3-2-4-17(25)11-16/h2-13,21,32H,14H2,1H3,(H,29,33)(H,27,28,30). The summed E-state index contributed by atoms with van der Waals surface area (Å²) in [6.07, 6.45) is 5.04. The molecule has 1 unspecified atom stereocenters. The molecule has 1 atom stereocenters. The van der Waals surface area contributed by atoms with Gasteiger partial charge in [-0.25, -0.2) is 9.37 Å². The highest BCUT2D eigenvalue weighted by Crippen LogP contribution is 2.20. The summed E-state index contributed by atoms with van der Waals surface area (Å²) in [7, 11) is 0. The van der Waals surface area contributed by atoms with Crippen LogP contribution in [0.5, 0.6) is 0 Å². The number of amides is 1. The zero-order valence-corrected chi connectivity index (χ0v) is 18.4. The summed E-state index contributed by atoms with van der Waals surface area (Å²) >= 11 is 6.04. The fourth-order valence-corrected chi connectivity index (χ4v) is 3.53. The second-order valence-corrected chi connectivity index (χ2v) is 7.83. The Bertz CT molecular complexity index is 1280. The number of carbonyl (C=O) groups is 1. The number of halogens is 2. The molecule has 0 aliphatic rings. The molecule has 0 saturated heterocycles. The van der Waals surface area contributed by atoms with Crippen LogP contribution in [0.15, 0.2) is 73.2 Å². The third-order valence-corrected chi connectivity index (χ3v) is 5.25. The fraction of sp³-hybridized carbons (Fsp3) is 0.125. The molecule has 0 bridgehead atoms. The Kier molecular flexibility index (Phi) is 6.67. The van der Waals surface area contributed by atoms with Gasteiger partial charge < -0.3 is 20.3 Å². The number of aromatic nitrogens is 3. The second kappa shape index (κ2) is 9.81. The number of anilines is 2. The number of rotatable bonds is 7. The lowest BCUT2D eigenvalue weighted by Gasteiger charge is -2.17. The van der Waals surface area contributed by atoms with Gasteiger partial charge in [-0.15, -0.1) is 0 Å². The van der Waals surface area contributed by atoms with Crippen molar-refractivity contribution in [2.75, 3.05) is 11.9 Å². The van der Waals surface area contributed by atoms with Crippen molar-refractivity contribution in [2.24, 2.45) is 0 Å². The summed E-state index contributed by atoms with van der Waals surface area (Å²) in [6, 6.07) is 14.0. The maximum atomic E-state index is 13.1. The average molecular weight is 466 g/mol. The molecule has 4 rings (SSSR count). The van der Waals surface area contributed by atoms with Crippen molar-refractivity contribution in [1.29, 1.82) is 0 Å². The van der Waals surface area contributed by atoms with Crippen LogP contribution >= 0.6 is 11.6 Å². The maximum Gasteiger partial charge on any atom is 0.253 e. The van der Waals surface area contributed by atoms with Gasteiger partial charge >= 0.3 is 0 Å². The molecule has 9 heteroatoms. The highest BCUT2D eigenvalue weighted by Gasteiger charge is 2.19. The maximum absolute atomic E-state index is 13.1. The van der Waals surface area contributed by atoms with E-state index >= 15 is 0 Å². The number of aliphatic hydroxyl groups excluding tert-OH is 1. The Labute approximate surface area is 194 Å². The van der Waals surface area contributed by atoms with Gasteiger partial charge in [0.25, 0.3) is 5.91 Å². The highest BCUT2D eigenvalue weighted by molar-refractivity contribution is 6.30. The summed E-state index contributed by atoms with van der Waals surface area (Å²) < 4.78 is 14.8. The molecule has 2 aromatic carbocycles. The van der Waals surface area contributed by atoms with Crippen LogP contribution in [0.25, 0.3) is 5.82 Å². The monoisotopic (exact) mass is 465 g/mol. The molecule has 4 aromatic rings. The van der Waals surface area contributed by atoms with Crippen LogP contribution in [-0.4, -0.2) is 32.2 Å². The number of aliphatic hydroxyl groups is 1. The zero-order chi connectivity index (χ0) is 23.4. The van der Waals surface area contributed by atoms with Crippen molar-refractivity contribution < 1.29 is 14.3 Å². The third-order valence-electron chi connectivity index (χ3n) is 5.02. The Morgan fingerprint density at radius 1 is 1.18 bits per heavy atom. The predicted octanol–water partition coefficient (Wildman–Crippen LogP) is 4.58. The summed E-state index contributed by atoms with van der Waals surface area (Å²) in [5, 5.41) is 16.2. The topological polar surface area (TPSA) is 92.1 Å². The highest BCUT2D eigenvalue weighted by atomic mass is 35.5. The van der Waals surface area contributed by atoms with Gasteiger partial charge in [0.15, 0.2) is 0 Å². The van der Waals surface area contributed by atoms with E-state index in [0.29, 0.717) is 33.6 Å². The first-order valence-corrected chi connectivity index (χ1v) is 10.5. The van der Waals surface area contributed by atoms with Crippen molar-refractivity contribution in [3.05, 3.63) is 101 Å². The summed E-state index contributed by atoms with van der Waals surface area (Å²) in [5.41, 5.74) is 2.54. The van der Waals surface area contributed by atoms with Crippen molar-refractivity contribution in [3.63, 3.8) is 0 Å². The Balaban J connectivity index is 1.53. The zero-order valence-electron chi connectivity index (χ0n) is 17.7. The van der Waals surface area contributed by atoms with Gasteiger partial charge in [0.1, 0.15) is 11.6 Å². The molecule has 1 amide bonds. The van der Waals surface area contributed by atoms with E-state index in [-0.39, 0.29) is 18.3 Å². The van der Waals surface area contributed by atoms with Gasteiger partial charge in [0.2, 0.25) is 5.95 Å². The normalized spacial score (nSPS) is 11.8. The molecule has 0 fully saturated rings. The van der Waals surface area contributed by atoms with E-state index in [2.05, 4.69) is 20.6 Å². The van der Waals surface area contributed by atoms with Crippen molar-refractivity contribution >= 4 is 29.1 Å². The van der Waals surface area contributed by atoms with Crippen molar-refractivity contribution in [3.8, 4) is 5.82 Å². The summed E-state index contributed by atoms with van der Waals surface area (Å²) in [6.45, 7) is 1.55. The molecule has 3 N–H and O–H groups in total. The van der Waals surface area contributed by atoms with Crippen LogP contribution < -0.4 is 10.6 Å². The molecular formula is C24H21ClFN5O2. The Morgan fingerprint density at radius 3 is 2.70 bits per heavy atom. The lowest BCUT2D eigenvalue weighted by atomic mass is 10.1. The smallest absolute Gasteiger partial charge is 0.253 e. The number of aryl methyl sites for hydroxylation is 1. The minimum Gasteiger partial charge on any atom is -0.394 e. The molecule has 33 heavy (non-hydrogen) atoms. The summed E-state index contributed by atoms with van der Waals surface area (Å²) in [5.74, 6) is 0.217. The lowest BCUT2D eigenvalue weighted by molar-refractivity contribution is 0.0915. The van der Waals surface area contributed by atoms with E-state index in [4.69, 9.17) is 11.6 Å². The van der Waals surface area contributed by atoms with E-state index in [1.165, 1.54) is 12.1 Å². The van der Waals surface area contributed by atoms with Crippen LogP contribution in [0, 0.1) is 12.7 Å². The molecule has 2 aromatic heterocycles. The van der Waals surface area contributed by atoms with Gasteiger partial charge in [0.05, 0.1) is 18.2 Å². The number of carbonyl (C=O) groups excluding carboxylic acids is 1. The number of hydrogen-bond donors (Lipinski definition) is 3. The molecule has 0 radical (unpaired) electrons. The number of nitrogens with one attached hydrogen (secondary N) is 2. The minimum absolute atomic E-state index is 0.268. The minimum atomic E-state index is -0.593. The van der Waals surface area contributed by atoms with Crippen molar-refractivity contribution in [1.82, 2.24) is 19.9 Å². The second-order valence-electron chi connectivity index (χ2n) is 7.40. The first kappa shape index (κ1) is 22.4. The van der Waals surface area contributed by atoms with Gasteiger partial charge in [-0.3, -0.25) is 4.79 Å². The van der Waals surface area contributed by atoms with E-state index in [0.717, 1.165) is 5.56 Å². The SMILES string of the molecule is Cc1cn(-c2ccnc(Nc3ccc(F)cc3)n2)cc1C(=O)NC(CO)c1cccc(Cl)c1. The molecule has 0 aliphatic heterocycles. The van der Waals surface area contributed by atoms with Crippen molar-refractivity contribution in [2.45, 2.75) is 13.0 Å². The van der Waals surface area contributed by atoms with Gasteiger partial charge in [-0.1, -0.05) is 23.7 Å². The molecule has 0 saturated carbocycles. The number of nitrogens with zero attached hydrogens (tertiary/aromatic N) is 3. The van der Waals surface area contributed by atoms with Crippen LogP contribution in [-0.2, 0) is 0 Å². The molecule has 168 valence electrons. The van der Waals surface area contributed by atoms with E-state index < -0.39 is 6.04 Å². The van der Waals surface area contributed by atoms with Gasteiger partial charge in [-0.2, -0.15) is 4.98 Å². The van der Waals surface area contributed by atoms with E-state index in [1.54, 1.807) is 65.6 Å². The van der Waals surface area contributed by atoms with Crippen LogP contribution in [0.1, 0.15) is 27.5 Å². The fourth-order valence-electron chi connectivity index (χ4n) is 3.34. The first-order valence-electron chi connectivity index (χ1n) is 10.1. The van der Waals surface area contributed by atoms with Crippen LogP contribution in [0.4, 0.5) is 16.0 Å². The average Bonchev–Trinajstić information content (AvgIpc) is 3.21. The van der Waals surface area contributed by atoms with Crippen LogP contribution in [0.3, 0.4) is 0 Å². The molecule has 7 nitrogen and oxygen atoms in total. The van der Waals surface area contributed by atoms with Crippen LogP contribution in [0.2, 0.25) is 5.02 Å². The molecule has 2 heterocycles. The largest absolute Gasteiger partial charge is 0.394 e. The number of hydrogen-bond acceptors (Lipinski definition) is 5. The molecular weight excluding hydrogens is 445 g/mol. The number of benzene rings is 2. The predicted molar refractivity (Wildman–Crippen MR) is 125 cm³/mol. The molecule has 0 spiro atoms. The van der Waals surface area contributed by atoms with Gasteiger partial charge in [-0.05, 0) is 60.5 Å². The summed E-state index contributed by atoms with van der Waals surface area (Å²) in [4.78, 5) is 21.6. The molecule has 0 aliphatic carbocycles. The van der Waals surface area contributed by atoms with E-state index in [9.17, 15) is 14.3 Å². The van der Waals surface area contributed by atoms with Gasteiger partial charge in [0, 0.05) is 29.3 Å².